The molecule has 0 heterocycles. The first-order valence-electron chi connectivity index (χ1n) is 7.82. The summed E-state index contributed by atoms with van der Waals surface area (Å²) in [6.45, 7) is 0.0953. The number of carbonyl (C=O) groups excluding carboxylic acids is 2. The summed E-state index contributed by atoms with van der Waals surface area (Å²) in [5.41, 5.74) is 1.14. The molecular formula is C20H18N2O5. The molecule has 0 unspecified atom stereocenters. The lowest BCUT2D eigenvalue weighted by Gasteiger charge is -2.09. The highest BCUT2D eigenvalue weighted by atomic mass is 16.7. The Morgan fingerprint density at radius 1 is 1.22 bits per heavy atom. The van der Waals surface area contributed by atoms with Crippen molar-refractivity contribution < 1.29 is 23.9 Å². The fraction of sp³-hybridized carbons (Fsp3) is 0.100. The molecule has 2 rings (SSSR count). The standard InChI is InChI=1S/C20H18N2O5/c1-3-12-26-18-13-14(8-10-17(18)25-2)9-11-19(23)22-16-7-5-4-6-15(16)20(24)27-21/h1,4-11,13H,12,21H2,2H3,(H,22,23)/b11-9+. The van der Waals surface area contributed by atoms with E-state index in [4.69, 9.17) is 21.8 Å². The van der Waals surface area contributed by atoms with E-state index in [1.54, 1.807) is 42.5 Å². The number of para-hydroxylation sites is 1. The number of carbonyl (C=O) groups is 2. The molecule has 0 aliphatic heterocycles. The van der Waals surface area contributed by atoms with E-state index in [9.17, 15) is 9.59 Å². The molecular weight excluding hydrogens is 348 g/mol. The van der Waals surface area contributed by atoms with Crippen LogP contribution in [0.25, 0.3) is 6.08 Å². The number of rotatable bonds is 7. The number of nitrogens with two attached hydrogens (primary N) is 1. The number of nitrogens with one attached hydrogen (secondary N) is 1. The SMILES string of the molecule is C#CCOc1cc(/C=C/C(=O)Nc2ccccc2C(=O)ON)ccc1OC. The molecule has 0 aliphatic carbocycles. The Labute approximate surface area is 156 Å². The van der Waals surface area contributed by atoms with Crippen LogP contribution in [0.2, 0.25) is 0 Å². The van der Waals surface area contributed by atoms with Crippen LogP contribution < -0.4 is 20.7 Å². The molecule has 7 nitrogen and oxygen atoms in total. The number of hydrogen-bond donors (Lipinski definition) is 2. The molecule has 1 amide bonds. The minimum atomic E-state index is -0.750. The predicted molar refractivity (Wildman–Crippen MR) is 101 cm³/mol. The van der Waals surface area contributed by atoms with Crippen LogP contribution in [0.15, 0.2) is 48.5 Å². The summed E-state index contributed by atoms with van der Waals surface area (Å²) in [6, 6.07) is 11.5. The quantitative estimate of drug-likeness (QED) is 0.443. The van der Waals surface area contributed by atoms with Gasteiger partial charge in [0.2, 0.25) is 5.91 Å². The molecule has 0 fully saturated rings. The van der Waals surface area contributed by atoms with Gasteiger partial charge in [0, 0.05) is 6.08 Å². The van der Waals surface area contributed by atoms with Gasteiger partial charge >= 0.3 is 5.97 Å². The zero-order chi connectivity index (χ0) is 19.6. The maximum atomic E-state index is 12.2. The smallest absolute Gasteiger partial charge is 0.358 e. The van der Waals surface area contributed by atoms with Gasteiger partial charge in [-0.1, -0.05) is 24.1 Å². The highest BCUT2D eigenvalue weighted by Gasteiger charge is 2.12. The molecule has 138 valence electrons. The highest BCUT2D eigenvalue weighted by molar-refractivity contribution is 6.06. The molecule has 3 N–H and O–H groups in total. The summed E-state index contributed by atoms with van der Waals surface area (Å²) >= 11 is 0. The van der Waals surface area contributed by atoms with Gasteiger partial charge in [-0.25, -0.2) is 4.79 Å². The monoisotopic (exact) mass is 366 g/mol. The van der Waals surface area contributed by atoms with Crippen molar-refractivity contribution in [2.75, 3.05) is 19.0 Å². The topological polar surface area (TPSA) is 99.9 Å². The lowest BCUT2D eigenvalue weighted by atomic mass is 10.1. The average Bonchev–Trinajstić information content (AvgIpc) is 2.70. The van der Waals surface area contributed by atoms with Crippen LogP contribution in [-0.2, 0) is 9.63 Å². The van der Waals surface area contributed by atoms with E-state index in [1.807, 2.05) is 0 Å². The molecule has 27 heavy (non-hydrogen) atoms. The zero-order valence-electron chi connectivity index (χ0n) is 14.6. The van der Waals surface area contributed by atoms with E-state index in [0.29, 0.717) is 17.1 Å². The van der Waals surface area contributed by atoms with E-state index in [0.717, 1.165) is 0 Å². The van der Waals surface area contributed by atoms with Gasteiger partial charge in [-0.15, -0.1) is 6.42 Å². The fourth-order valence-corrected chi connectivity index (χ4v) is 2.21. The van der Waals surface area contributed by atoms with Crippen LogP contribution in [0, 0.1) is 12.3 Å². The molecule has 0 saturated heterocycles. The second kappa shape index (κ2) is 9.65. The van der Waals surface area contributed by atoms with Gasteiger partial charge in [-0.05, 0) is 35.9 Å². The predicted octanol–water partition coefficient (Wildman–Crippen LogP) is 2.39. The maximum absolute atomic E-state index is 12.2. The van der Waals surface area contributed by atoms with E-state index in [2.05, 4.69) is 16.1 Å². The summed E-state index contributed by atoms with van der Waals surface area (Å²) < 4.78 is 10.6. The number of amides is 1. The van der Waals surface area contributed by atoms with Crippen LogP contribution in [0.3, 0.4) is 0 Å². The zero-order valence-corrected chi connectivity index (χ0v) is 14.6. The third kappa shape index (κ3) is 5.36. The van der Waals surface area contributed by atoms with Crippen LogP contribution >= 0.6 is 0 Å². The van der Waals surface area contributed by atoms with Crippen molar-refractivity contribution in [3.8, 4) is 23.8 Å². The van der Waals surface area contributed by atoms with Crippen LogP contribution in [-0.4, -0.2) is 25.6 Å². The Bertz CT molecular complexity index is 899. The molecule has 0 saturated carbocycles. The second-order valence-electron chi connectivity index (χ2n) is 5.18. The molecule has 2 aromatic rings. The summed E-state index contributed by atoms with van der Waals surface area (Å²) in [6.07, 6.45) is 8.10. The Morgan fingerprint density at radius 2 is 2.00 bits per heavy atom. The van der Waals surface area contributed by atoms with Gasteiger partial charge in [0.25, 0.3) is 0 Å². The molecule has 0 bridgehead atoms. The fourth-order valence-electron chi connectivity index (χ4n) is 2.21. The van der Waals surface area contributed by atoms with Crippen molar-refractivity contribution in [3.63, 3.8) is 0 Å². The Hall–Kier alpha value is -3.76. The number of methoxy groups -OCH3 is 1. The Kier molecular flexibility index (Phi) is 6.99. The van der Waals surface area contributed by atoms with Gasteiger partial charge in [0.15, 0.2) is 11.5 Å². The van der Waals surface area contributed by atoms with Gasteiger partial charge in [-0.3, -0.25) is 4.79 Å². The van der Waals surface area contributed by atoms with Crippen molar-refractivity contribution in [2.45, 2.75) is 0 Å². The molecule has 0 radical (unpaired) electrons. The van der Waals surface area contributed by atoms with Crippen molar-refractivity contribution >= 4 is 23.6 Å². The molecule has 0 aliphatic rings. The van der Waals surface area contributed by atoms with Crippen LogP contribution in [0.5, 0.6) is 11.5 Å². The van der Waals surface area contributed by atoms with E-state index < -0.39 is 11.9 Å². The molecule has 0 aromatic heterocycles. The first-order chi connectivity index (χ1) is 13.1. The van der Waals surface area contributed by atoms with E-state index in [1.165, 1.54) is 19.3 Å². The van der Waals surface area contributed by atoms with Crippen LogP contribution in [0.4, 0.5) is 5.69 Å². The number of anilines is 1. The third-order valence-electron chi connectivity index (χ3n) is 3.44. The van der Waals surface area contributed by atoms with Gasteiger partial charge in [0.05, 0.1) is 18.4 Å². The molecule has 0 atom stereocenters. The van der Waals surface area contributed by atoms with Gasteiger partial charge < -0.3 is 19.6 Å². The van der Waals surface area contributed by atoms with Crippen molar-refractivity contribution in [1.29, 1.82) is 0 Å². The number of terminal acetylenes is 1. The number of ether oxygens (including phenoxy) is 2. The number of hydrogen-bond acceptors (Lipinski definition) is 6. The second-order valence-corrected chi connectivity index (χ2v) is 5.18. The Morgan fingerprint density at radius 3 is 2.70 bits per heavy atom. The van der Waals surface area contributed by atoms with E-state index >= 15 is 0 Å². The number of benzene rings is 2. The minimum absolute atomic E-state index is 0.0953. The van der Waals surface area contributed by atoms with Gasteiger partial charge in [0.1, 0.15) is 6.61 Å². The Balaban J connectivity index is 2.13. The summed E-state index contributed by atoms with van der Waals surface area (Å²) in [4.78, 5) is 28.0. The first-order valence-corrected chi connectivity index (χ1v) is 7.82. The van der Waals surface area contributed by atoms with Crippen LogP contribution in [0.1, 0.15) is 15.9 Å². The highest BCUT2D eigenvalue weighted by Crippen LogP contribution is 2.28. The van der Waals surface area contributed by atoms with Gasteiger partial charge in [-0.2, -0.15) is 5.90 Å². The summed E-state index contributed by atoms with van der Waals surface area (Å²) in [5, 5.41) is 2.60. The lowest BCUT2D eigenvalue weighted by Crippen LogP contribution is -2.15. The third-order valence-corrected chi connectivity index (χ3v) is 3.44. The maximum Gasteiger partial charge on any atom is 0.358 e. The molecule has 2 aromatic carbocycles. The summed E-state index contributed by atoms with van der Waals surface area (Å²) in [5.74, 6) is 7.09. The lowest BCUT2D eigenvalue weighted by molar-refractivity contribution is -0.111. The van der Waals surface area contributed by atoms with Crippen molar-refractivity contribution in [3.05, 3.63) is 59.7 Å². The largest absolute Gasteiger partial charge is 0.493 e. The average molecular weight is 366 g/mol. The van der Waals surface area contributed by atoms with Crippen molar-refractivity contribution in [2.24, 2.45) is 5.90 Å². The molecule has 7 heteroatoms. The van der Waals surface area contributed by atoms with E-state index in [-0.39, 0.29) is 17.9 Å². The summed E-state index contributed by atoms with van der Waals surface area (Å²) in [7, 11) is 1.52. The minimum Gasteiger partial charge on any atom is -0.493 e. The molecule has 0 spiro atoms. The normalized spacial score (nSPS) is 10.1. The first kappa shape index (κ1) is 19.6. The van der Waals surface area contributed by atoms with Crippen molar-refractivity contribution in [1.82, 2.24) is 0 Å².